The van der Waals surface area contributed by atoms with E-state index in [1.54, 1.807) is 0 Å². The van der Waals surface area contributed by atoms with Gasteiger partial charge in [0.1, 0.15) is 5.00 Å². The van der Waals surface area contributed by atoms with Crippen LogP contribution in [0.15, 0.2) is 30.3 Å². The Morgan fingerprint density at radius 1 is 1.21 bits per heavy atom. The molecule has 7 heteroatoms. The van der Waals surface area contributed by atoms with Gasteiger partial charge < -0.3 is 15.8 Å². The van der Waals surface area contributed by atoms with Gasteiger partial charge in [-0.05, 0) is 36.3 Å². The normalized spacial score (nSPS) is 14.7. The van der Waals surface area contributed by atoms with Crippen LogP contribution in [0.1, 0.15) is 59.0 Å². The number of esters is 1. The molecule has 2 aromatic rings. The van der Waals surface area contributed by atoms with E-state index in [1.165, 1.54) is 11.3 Å². The molecule has 29 heavy (non-hydrogen) atoms. The zero-order chi connectivity index (χ0) is 21.0. The monoisotopic (exact) mass is 414 g/mol. The van der Waals surface area contributed by atoms with Gasteiger partial charge in [0.15, 0.2) is 6.61 Å². The highest BCUT2D eigenvalue weighted by Gasteiger charge is 2.29. The standard InChI is InChI=1S/C22H26N2O4S/c1-3-13(2)18(14-8-5-4-6-9-14)22(27)28-12-17(25)24-21-19(20(23)26)15-10-7-11-16(15)29-21/h4-6,8-9,13,18H,3,7,10-12H2,1-2H3,(H2,23,26)(H,24,25)/t13-,18-/m1/s1. The van der Waals surface area contributed by atoms with Crippen LogP contribution in [-0.4, -0.2) is 24.4 Å². The van der Waals surface area contributed by atoms with E-state index in [2.05, 4.69) is 5.32 Å². The SMILES string of the molecule is CC[C@@H](C)[C@@H](C(=O)OCC(=O)Nc1sc2c(c1C(N)=O)CCC2)c1ccccc1. The summed E-state index contributed by atoms with van der Waals surface area (Å²) < 4.78 is 5.33. The van der Waals surface area contributed by atoms with Crippen molar-refractivity contribution in [2.75, 3.05) is 11.9 Å². The van der Waals surface area contributed by atoms with Gasteiger partial charge in [-0.25, -0.2) is 0 Å². The van der Waals surface area contributed by atoms with Crippen LogP contribution in [0.3, 0.4) is 0 Å². The van der Waals surface area contributed by atoms with Crippen molar-refractivity contribution >= 4 is 34.1 Å². The molecular formula is C22H26N2O4S. The molecule has 1 aliphatic rings. The van der Waals surface area contributed by atoms with Gasteiger partial charge in [-0.2, -0.15) is 0 Å². The van der Waals surface area contributed by atoms with E-state index in [1.807, 2.05) is 44.2 Å². The number of primary amides is 1. The van der Waals surface area contributed by atoms with Crippen LogP contribution in [0.5, 0.6) is 0 Å². The summed E-state index contributed by atoms with van der Waals surface area (Å²) in [5, 5.41) is 3.15. The second-order valence-corrected chi connectivity index (χ2v) is 8.46. The van der Waals surface area contributed by atoms with Crippen LogP contribution >= 0.6 is 11.3 Å². The predicted molar refractivity (Wildman–Crippen MR) is 113 cm³/mol. The van der Waals surface area contributed by atoms with Crippen molar-refractivity contribution in [3.8, 4) is 0 Å². The number of rotatable bonds is 8. The summed E-state index contributed by atoms with van der Waals surface area (Å²) in [7, 11) is 0. The van der Waals surface area contributed by atoms with Gasteiger partial charge in [-0.1, -0.05) is 50.6 Å². The molecule has 0 aliphatic heterocycles. The molecule has 1 aliphatic carbocycles. The minimum absolute atomic E-state index is 0.0784. The number of benzene rings is 1. The Balaban J connectivity index is 1.66. The van der Waals surface area contributed by atoms with E-state index in [0.29, 0.717) is 10.6 Å². The van der Waals surface area contributed by atoms with Crippen molar-refractivity contribution in [2.45, 2.75) is 45.4 Å². The Labute approximate surface area is 174 Å². The van der Waals surface area contributed by atoms with Gasteiger partial charge in [-0.15, -0.1) is 11.3 Å². The van der Waals surface area contributed by atoms with E-state index in [9.17, 15) is 14.4 Å². The van der Waals surface area contributed by atoms with Gasteiger partial charge in [0.05, 0.1) is 11.5 Å². The van der Waals surface area contributed by atoms with Crippen molar-refractivity contribution in [3.63, 3.8) is 0 Å². The van der Waals surface area contributed by atoms with Crippen molar-refractivity contribution in [1.29, 1.82) is 0 Å². The Morgan fingerprint density at radius 2 is 1.93 bits per heavy atom. The average Bonchev–Trinajstić information content (AvgIpc) is 3.27. The number of hydrogen-bond acceptors (Lipinski definition) is 5. The lowest BCUT2D eigenvalue weighted by molar-refractivity contribution is -0.150. The maximum Gasteiger partial charge on any atom is 0.314 e. The van der Waals surface area contributed by atoms with Crippen LogP contribution < -0.4 is 11.1 Å². The highest BCUT2D eigenvalue weighted by atomic mass is 32.1. The van der Waals surface area contributed by atoms with Gasteiger partial charge in [0.2, 0.25) is 0 Å². The van der Waals surface area contributed by atoms with E-state index in [0.717, 1.165) is 41.7 Å². The number of carbonyl (C=O) groups excluding carboxylic acids is 3. The van der Waals surface area contributed by atoms with Gasteiger partial charge in [-0.3, -0.25) is 14.4 Å². The summed E-state index contributed by atoms with van der Waals surface area (Å²) in [5.41, 5.74) is 7.72. The minimum Gasteiger partial charge on any atom is -0.455 e. The molecule has 0 bridgehead atoms. The Kier molecular flexibility index (Phi) is 6.69. The van der Waals surface area contributed by atoms with Gasteiger partial charge in [0.25, 0.3) is 11.8 Å². The summed E-state index contributed by atoms with van der Waals surface area (Å²) in [6, 6.07) is 9.44. The number of amides is 2. The quantitative estimate of drug-likeness (QED) is 0.644. The average molecular weight is 415 g/mol. The third-order valence-corrected chi connectivity index (χ3v) is 6.60. The first kappa shape index (κ1) is 21.0. The number of ether oxygens (including phenoxy) is 1. The first-order valence-corrected chi connectivity index (χ1v) is 10.7. The maximum absolute atomic E-state index is 12.7. The molecule has 154 valence electrons. The second-order valence-electron chi connectivity index (χ2n) is 7.36. The third-order valence-electron chi connectivity index (χ3n) is 5.39. The summed E-state index contributed by atoms with van der Waals surface area (Å²) in [6.45, 7) is 3.60. The van der Waals surface area contributed by atoms with Crippen LogP contribution in [0.4, 0.5) is 5.00 Å². The fraction of sp³-hybridized carbons (Fsp3) is 0.409. The maximum atomic E-state index is 12.7. The molecule has 6 nitrogen and oxygen atoms in total. The lowest BCUT2D eigenvalue weighted by atomic mass is 9.86. The van der Waals surface area contributed by atoms with Crippen LogP contribution in [0.2, 0.25) is 0 Å². The Bertz CT molecular complexity index is 907. The zero-order valence-electron chi connectivity index (χ0n) is 16.7. The number of thiophene rings is 1. The van der Waals surface area contributed by atoms with Crippen molar-refractivity contribution in [1.82, 2.24) is 0 Å². The van der Waals surface area contributed by atoms with E-state index in [4.69, 9.17) is 10.5 Å². The summed E-state index contributed by atoms with van der Waals surface area (Å²) in [6.07, 6.45) is 3.48. The molecular weight excluding hydrogens is 388 g/mol. The fourth-order valence-corrected chi connectivity index (χ4v) is 5.05. The lowest BCUT2D eigenvalue weighted by Crippen LogP contribution is -2.27. The first-order valence-electron chi connectivity index (χ1n) is 9.88. The van der Waals surface area contributed by atoms with E-state index >= 15 is 0 Å². The molecule has 0 fully saturated rings. The highest BCUT2D eigenvalue weighted by Crippen LogP contribution is 2.38. The Hall–Kier alpha value is -2.67. The predicted octanol–water partition coefficient (Wildman–Crippen LogP) is 3.65. The van der Waals surface area contributed by atoms with Crippen molar-refractivity contribution in [2.24, 2.45) is 11.7 Å². The first-order chi connectivity index (χ1) is 13.9. The van der Waals surface area contributed by atoms with Gasteiger partial charge in [0, 0.05) is 4.88 Å². The van der Waals surface area contributed by atoms with Crippen molar-refractivity contribution in [3.05, 3.63) is 51.9 Å². The number of hydrogen-bond donors (Lipinski definition) is 2. The molecule has 2 amide bonds. The molecule has 0 saturated carbocycles. The van der Waals surface area contributed by atoms with Crippen LogP contribution in [-0.2, 0) is 27.2 Å². The van der Waals surface area contributed by atoms with Crippen LogP contribution in [0.25, 0.3) is 0 Å². The molecule has 3 N–H and O–H groups in total. The number of fused-ring (bicyclic) bond motifs is 1. The number of anilines is 1. The molecule has 0 unspecified atom stereocenters. The summed E-state index contributed by atoms with van der Waals surface area (Å²) in [4.78, 5) is 38.0. The highest BCUT2D eigenvalue weighted by molar-refractivity contribution is 7.17. The molecule has 1 aromatic heterocycles. The summed E-state index contributed by atoms with van der Waals surface area (Å²) in [5.74, 6) is -1.80. The fourth-order valence-electron chi connectivity index (χ4n) is 3.74. The Morgan fingerprint density at radius 3 is 2.59 bits per heavy atom. The smallest absolute Gasteiger partial charge is 0.314 e. The van der Waals surface area contributed by atoms with E-state index in [-0.39, 0.29) is 5.92 Å². The number of aryl methyl sites for hydroxylation is 1. The third kappa shape index (κ3) is 4.67. The second kappa shape index (κ2) is 9.22. The molecule has 1 heterocycles. The number of nitrogens with one attached hydrogen (secondary N) is 1. The molecule has 0 spiro atoms. The molecule has 3 rings (SSSR count). The number of nitrogens with two attached hydrogens (primary N) is 1. The lowest BCUT2D eigenvalue weighted by Gasteiger charge is -2.21. The molecule has 2 atom stereocenters. The minimum atomic E-state index is -0.544. The van der Waals surface area contributed by atoms with Crippen LogP contribution in [0, 0.1) is 5.92 Å². The van der Waals surface area contributed by atoms with E-state index < -0.39 is 30.3 Å². The topological polar surface area (TPSA) is 98.5 Å². The number of carbonyl (C=O) groups is 3. The summed E-state index contributed by atoms with van der Waals surface area (Å²) >= 11 is 1.38. The van der Waals surface area contributed by atoms with Crippen molar-refractivity contribution < 1.29 is 19.1 Å². The molecule has 0 radical (unpaired) electrons. The largest absolute Gasteiger partial charge is 0.455 e. The van der Waals surface area contributed by atoms with Gasteiger partial charge >= 0.3 is 5.97 Å². The molecule has 1 aromatic carbocycles. The molecule has 0 saturated heterocycles. The zero-order valence-corrected chi connectivity index (χ0v) is 17.5.